The highest BCUT2D eigenvalue weighted by Gasteiger charge is 2.25. The number of nitrogens with zero attached hydrogens (tertiary/aromatic N) is 2. The zero-order valence-corrected chi connectivity index (χ0v) is 16.7. The van der Waals surface area contributed by atoms with Crippen molar-refractivity contribution in [3.63, 3.8) is 0 Å². The minimum atomic E-state index is -0.901. The number of carbonyl (C=O) groups excluding carboxylic acids is 1. The minimum Gasteiger partial charge on any atom is -0.439 e. The third kappa shape index (κ3) is 4.08. The molecule has 3 aromatic carbocycles. The van der Waals surface area contributed by atoms with Gasteiger partial charge in [0.1, 0.15) is 22.7 Å². The van der Waals surface area contributed by atoms with Gasteiger partial charge in [0.2, 0.25) is 5.89 Å². The van der Waals surface area contributed by atoms with Gasteiger partial charge in [-0.3, -0.25) is 4.79 Å². The van der Waals surface area contributed by atoms with Crippen LogP contribution in [-0.4, -0.2) is 15.8 Å². The number of amides is 1. The SMILES string of the molecule is Cc1ccc(CN(Cc2nc3cc(C)ccc3o2)C(=O)c2c(F)cccc2F)cc1. The van der Waals surface area contributed by atoms with E-state index in [0.29, 0.717) is 17.0 Å². The molecular weight excluding hydrogens is 386 g/mol. The molecule has 0 spiro atoms. The van der Waals surface area contributed by atoms with Crippen LogP contribution >= 0.6 is 0 Å². The van der Waals surface area contributed by atoms with Gasteiger partial charge in [-0.15, -0.1) is 0 Å². The molecular formula is C24H20F2N2O2. The standard InChI is InChI=1S/C24H20F2N2O2/c1-15-6-9-17(10-7-15)13-28(24(29)23-18(25)4-3-5-19(23)26)14-22-27-20-12-16(2)8-11-21(20)30-22/h3-12H,13-14H2,1-2H3. The highest BCUT2D eigenvalue weighted by Crippen LogP contribution is 2.22. The average Bonchev–Trinajstić information content (AvgIpc) is 3.10. The molecule has 0 aliphatic carbocycles. The third-order valence-corrected chi connectivity index (χ3v) is 4.87. The van der Waals surface area contributed by atoms with Gasteiger partial charge in [0.25, 0.3) is 5.91 Å². The summed E-state index contributed by atoms with van der Waals surface area (Å²) in [6, 6.07) is 16.6. The largest absolute Gasteiger partial charge is 0.439 e. The van der Waals surface area contributed by atoms with Gasteiger partial charge in [-0.05, 0) is 49.2 Å². The van der Waals surface area contributed by atoms with Crippen LogP contribution in [0.2, 0.25) is 0 Å². The fourth-order valence-corrected chi connectivity index (χ4v) is 3.29. The Hall–Kier alpha value is -3.54. The van der Waals surface area contributed by atoms with Gasteiger partial charge in [-0.1, -0.05) is 42.0 Å². The monoisotopic (exact) mass is 406 g/mol. The lowest BCUT2D eigenvalue weighted by Gasteiger charge is -2.22. The first-order valence-corrected chi connectivity index (χ1v) is 9.55. The van der Waals surface area contributed by atoms with Crippen LogP contribution in [-0.2, 0) is 13.1 Å². The zero-order valence-electron chi connectivity index (χ0n) is 16.7. The van der Waals surface area contributed by atoms with E-state index >= 15 is 0 Å². The number of hydrogen-bond donors (Lipinski definition) is 0. The van der Waals surface area contributed by atoms with Crippen molar-refractivity contribution in [1.29, 1.82) is 0 Å². The van der Waals surface area contributed by atoms with Gasteiger partial charge in [-0.25, -0.2) is 13.8 Å². The third-order valence-electron chi connectivity index (χ3n) is 4.87. The summed E-state index contributed by atoms with van der Waals surface area (Å²) in [5.41, 5.74) is 3.61. The number of benzene rings is 3. The number of aromatic nitrogens is 1. The van der Waals surface area contributed by atoms with Crippen molar-refractivity contribution in [2.45, 2.75) is 26.9 Å². The van der Waals surface area contributed by atoms with Crippen molar-refractivity contribution in [2.24, 2.45) is 0 Å². The van der Waals surface area contributed by atoms with Crippen LogP contribution in [0.5, 0.6) is 0 Å². The molecule has 0 bridgehead atoms. The summed E-state index contributed by atoms with van der Waals surface area (Å²) in [6.07, 6.45) is 0. The van der Waals surface area contributed by atoms with E-state index in [9.17, 15) is 13.6 Å². The Balaban J connectivity index is 1.70. The number of aryl methyl sites for hydroxylation is 2. The highest BCUT2D eigenvalue weighted by molar-refractivity contribution is 5.94. The molecule has 0 atom stereocenters. The highest BCUT2D eigenvalue weighted by atomic mass is 19.1. The van der Waals surface area contributed by atoms with E-state index in [1.54, 1.807) is 0 Å². The van der Waals surface area contributed by atoms with E-state index in [-0.39, 0.29) is 13.1 Å². The number of halogens is 2. The lowest BCUT2D eigenvalue weighted by molar-refractivity contribution is 0.0705. The van der Waals surface area contributed by atoms with Gasteiger partial charge in [0.15, 0.2) is 5.58 Å². The van der Waals surface area contributed by atoms with E-state index in [1.807, 2.05) is 56.3 Å². The predicted octanol–water partition coefficient (Wildman–Crippen LogP) is 5.57. The second kappa shape index (κ2) is 8.06. The molecule has 0 N–H and O–H groups in total. The Kier molecular flexibility index (Phi) is 5.31. The fourth-order valence-electron chi connectivity index (χ4n) is 3.29. The second-order valence-electron chi connectivity index (χ2n) is 7.32. The first kappa shape index (κ1) is 19.8. The summed E-state index contributed by atoms with van der Waals surface area (Å²) in [6.45, 7) is 4.04. The Bertz CT molecular complexity index is 1200. The molecule has 1 heterocycles. The first-order valence-electron chi connectivity index (χ1n) is 9.55. The molecule has 4 aromatic rings. The smallest absolute Gasteiger partial charge is 0.260 e. The van der Waals surface area contributed by atoms with Crippen LogP contribution in [0.4, 0.5) is 8.78 Å². The van der Waals surface area contributed by atoms with E-state index in [2.05, 4.69) is 4.98 Å². The van der Waals surface area contributed by atoms with Crippen molar-refractivity contribution < 1.29 is 18.0 Å². The van der Waals surface area contributed by atoms with E-state index in [0.717, 1.165) is 28.8 Å². The van der Waals surface area contributed by atoms with Gasteiger partial charge in [0.05, 0.1) is 6.54 Å². The van der Waals surface area contributed by atoms with Crippen molar-refractivity contribution >= 4 is 17.0 Å². The molecule has 0 aliphatic heterocycles. The van der Waals surface area contributed by atoms with E-state index in [4.69, 9.17) is 4.42 Å². The molecule has 0 fully saturated rings. The number of hydrogen-bond acceptors (Lipinski definition) is 3. The number of carbonyl (C=O) groups is 1. The van der Waals surface area contributed by atoms with E-state index < -0.39 is 23.1 Å². The normalized spacial score (nSPS) is 11.1. The van der Waals surface area contributed by atoms with Crippen LogP contribution < -0.4 is 0 Å². The van der Waals surface area contributed by atoms with Crippen molar-refractivity contribution in [2.75, 3.05) is 0 Å². The zero-order chi connectivity index (χ0) is 21.3. The van der Waals surface area contributed by atoms with Gasteiger partial charge < -0.3 is 9.32 Å². The summed E-state index contributed by atoms with van der Waals surface area (Å²) in [5, 5.41) is 0. The van der Waals surface area contributed by atoms with Crippen molar-refractivity contribution in [1.82, 2.24) is 9.88 Å². The Morgan fingerprint density at radius 1 is 0.933 bits per heavy atom. The molecule has 0 saturated carbocycles. The Morgan fingerprint density at radius 3 is 2.30 bits per heavy atom. The molecule has 4 rings (SSSR count). The lowest BCUT2D eigenvalue weighted by atomic mass is 10.1. The topological polar surface area (TPSA) is 46.3 Å². The molecule has 0 radical (unpaired) electrons. The summed E-state index contributed by atoms with van der Waals surface area (Å²) < 4.78 is 34.3. The molecule has 0 aliphatic rings. The average molecular weight is 406 g/mol. The summed E-state index contributed by atoms with van der Waals surface area (Å²) in [4.78, 5) is 18.9. The maximum Gasteiger partial charge on any atom is 0.260 e. The fraction of sp³-hybridized carbons (Fsp3) is 0.167. The quantitative estimate of drug-likeness (QED) is 0.436. The number of fused-ring (bicyclic) bond motifs is 1. The van der Waals surface area contributed by atoms with Crippen molar-refractivity contribution in [3.8, 4) is 0 Å². The minimum absolute atomic E-state index is 0.0196. The molecule has 4 nitrogen and oxygen atoms in total. The van der Waals surface area contributed by atoms with Gasteiger partial charge >= 0.3 is 0 Å². The Labute approximate surface area is 172 Å². The molecule has 152 valence electrons. The summed E-state index contributed by atoms with van der Waals surface area (Å²) in [5.74, 6) is -2.26. The predicted molar refractivity (Wildman–Crippen MR) is 110 cm³/mol. The maximum atomic E-state index is 14.3. The van der Waals surface area contributed by atoms with Gasteiger partial charge in [-0.2, -0.15) is 0 Å². The number of rotatable bonds is 5. The molecule has 1 amide bonds. The number of oxazole rings is 1. The van der Waals surface area contributed by atoms with E-state index in [1.165, 1.54) is 11.0 Å². The van der Waals surface area contributed by atoms with Crippen LogP contribution in [0.1, 0.15) is 32.9 Å². The Morgan fingerprint density at radius 2 is 1.60 bits per heavy atom. The summed E-state index contributed by atoms with van der Waals surface area (Å²) >= 11 is 0. The van der Waals surface area contributed by atoms with Gasteiger partial charge in [0, 0.05) is 6.54 Å². The molecule has 1 aromatic heterocycles. The summed E-state index contributed by atoms with van der Waals surface area (Å²) in [7, 11) is 0. The first-order chi connectivity index (χ1) is 14.4. The molecule has 6 heteroatoms. The molecule has 0 unspecified atom stereocenters. The van der Waals surface area contributed by atoms with Crippen LogP contribution in [0.15, 0.2) is 65.1 Å². The molecule has 0 saturated heterocycles. The molecule has 30 heavy (non-hydrogen) atoms. The maximum absolute atomic E-state index is 14.3. The van der Waals surface area contributed by atoms with Crippen LogP contribution in [0.3, 0.4) is 0 Å². The van der Waals surface area contributed by atoms with Crippen LogP contribution in [0, 0.1) is 25.5 Å². The second-order valence-corrected chi connectivity index (χ2v) is 7.32. The van der Waals surface area contributed by atoms with Crippen molar-refractivity contribution in [3.05, 3.63) is 100 Å². The van der Waals surface area contributed by atoms with Crippen LogP contribution in [0.25, 0.3) is 11.1 Å². The lowest BCUT2D eigenvalue weighted by Crippen LogP contribution is -2.31.